The van der Waals surface area contributed by atoms with Crippen LogP contribution in [0.1, 0.15) is 43.6 Å². The normalized spacial score (nSPS) is 16.3. The summed E-state index contributed by atoms with van der Waals surface area (Å²) in [4.78, 5) is 42.9. The summed E-state index contributed by atoms with van der Waals surface area (Å²) in [6.07, 6.45) is 6.12. The van der Waals surface area contributed by atoms with E-state index in [0.29, 0.717) is 17.8 Å². The third-order valence-electron chi connectivity index (χ3n) is 4.66. The summed E-state index contributed by atoms with van der Waals surface area (Å²) >= 11 is 1.58. The summed E-state index contributed by atoms with van der Waals surface area (Å²) in [5.74, 6) is 0.0924. The second-order valence-electron chi connectivity index (χ2n) is 6.87. The standard InChI is InChI=1S/C18H24N4O3S/c1-3-4-7-19-18(25)21-14(23)9-22-10-20-16-15(17(22)24)12-6-5-11(2)8-13(12)26-16/h10-11H,3-9H2,1-2H3,(H2,19,21,23,25)/t11-/m0/s1. The molecule has 0 radical (unpaired) electrons. The Hall–Kier alpha value is -2.22. The summed E-state index contributed by atoms with van der Waals surface area (Å²) in [5, 5.41) is 5.50. The predicted octanol–water partition coefficient (Wildman–Crippen LogP) is 2.21. The molecular formula is C18H24N4O3S. The van der Waals surface area contributed by atoms with Crippen LogP contribution in [0.2, 0.25) is 0 Å². The number of carbonyl (C=O) groups is 2. The van der Waals surface area contributed by atoms with E-state index < -0.39 is 11.9 Å². The molecular weight excluding hydrogens is 352 g/mol. The fourth-order valence-electron chi connectivity index (χ4n) is 3.22. The molecule has 7 nitrogen and oxygen atoms in total. The predicted molar refractivity (Wildman–Crippen MR) is 102 cm³/mol. The highest BCUT2D eigenvalue weighted by Crippen LogP contribution is 2.35. The van der Waals surface area contributed by atoms with Crippen molar-refractivity contribution in [3.63, 3.8) is 0 Å². The van der Waals surface area contributed by atoms with Crippen LogP contribution in [-0.2, 0) is 24.2 Å². The molecule has 0 unspecified atom stereocenters. The molecule has 2 aromatic heterocycles. The van der Waals surface area contributed by atoms with Crippen molar-refractivity contribution in [1.29, 1.82) is 0 Å². The first kappa shape index (κ1) is 18.6. The molecule has 2 heterocycles. The van der Waals surface area contributed by atoms with Gasteiger partial charge in [0.15, 0.2) is 0 Å². The summed E-state index contributed by atoms with van der Waals surface area (Å²) < 4.78 is 1.28. The molecule has 3 rings (SSSR count). The first-order chi connectivity index (χ1) is 12.5. The highest BCUT2D eigenvalue weighted by Gasteiger charge is 2.23. The van der Waals surface area contributed by atoms with Crippen molar-refractivity contribution in [1.82, 2.24) is 20.2 Å². The number of amides is 3. The van der Waals surface area contributed by atoms with Gasteiger partial charge in [-0.2, -0.15) is 0 Å². The Labute approximate surface area is 155 Å². The SMILES string of the molecule is CCCCNC(=O)NC(=O)Cn1cnc2sc3c(c2c1=O)CC[C@H](C)C3. The molecule has 0 bridgehead atoms. The zero-order chi connectivity index (χ0) is 18.7. The van der Waals surface area contributed by atoms with Gasteiger partial charge in [0.25, 0.3) is 5.56 Å². The van der Waals surface area contributed by atoms with Crippen molar-refractivity contribution in [3.8, 4) is 0 Å². The number of thiophene rings is 1. The van der Waals surface area contributed by atoms with Crippen LogP contribution in [0, 0.1) is 5.92 Å². The van der Waals surface area contributed by atoms with Crippen molar-refractivity contribution in [2.45, 2.75) is 52.5 Å². The van der Waals surface area contributed by atoms with Gasteiger partial charge in [0.2, 0.25) is 5.91 Å². The van der Waals surface area contributed by atoms with Gasteiger partial charge in [-0.25, -0.2) is 9.78 Å². The number of unbranched alkanes of at least 4 members (excludes halogenated alkanes) is 1. The van der Waals surface area contributed by atoms with E-state index >= 15 is 0 Å². The van der Waals surface area contributed by atoms with Gasteiger partial charge in [-0.15, -0.1) is 11.3 Å². The Bertz CT molecular complexity index is 886. The summed E-state index contributed by atoms with van der Waals surface area (Å²) in [6, 6.07) is -0.535. The molecule has 2 aromatic rings. The van der Waals surface area contributed by atoms with E-state index in [1.165, 1.54) is 15.8 Å². The highest BCUT2D eigenvalue weighted by atomic mass is 32.1. The van der Waals surface area contributed by atoms with Gasteiger partial charge >= 0.3 is 6.03 Å². The molecule has 0 saturated heterocycles. The Morgan fingerprint density at radius 1 is 1.42 bits per heavy atom. The number of carbonyl (C=O) groups excluding carboxylic acids is 2. The largest absolute Gasteiger partial charge is 0.338 e. The number of aryl methyl sites for hydroxylation is 1. The number of urea groups is 1. The molecule has 0 fully saturated rings. The molecule has 0 saturated carbocycles. The van der Waals surface area contributed by atoms with Gasteiger partial charge in [-0.1, -0.05) is 20.3 Å². The molecule has 2 N–H and O–H groups in total. The Balaban J connectivity index is 1.75. The lowest BCUT2D eigenvalue weighted by Crippen LogP contribution is -2.42. The maximum absolute atomic E-state index is 12.8. The third kappa shape index (κ3) is 3.95. The minimum atomic E-state index is -0.535. The summed E-state index contributed by atoms with van der Waals surface area (Å²) in [6.45, 7) is 4.53. The lowest BCUT2D eigenvalue weighted by molar-refractivity contribution is -0.120. The van der Waals surface area contributed by atoms with Crippen molar-refractivity contribution < 1.29 is 9.59 Å². The van der Waals surface area contributed by atoms with Crippen LogP contribution in [-0.4, -0.2) is 28.0 Å². The smallest absolute Gasteiger partial charge is 0.321 e. The van der Waals surface area contributed by atoms with Crippen LogP contribution in [0.5, 0.6) is 0 Å². The van der Waals surface area contributed by atoms with Crippen molar-refractivity contribution in [3.05, 3.63) is 27.1 Å². The average molecular weight is 376 g/mol. The van der Waals surface area contributed by atoms with Crippen LogP contribution >= 0.6 is 11.3 Å². The quantitative estimate of drug-likeness (QED) is 0.783. The zero-order valence-electron chi connectivity index (χ0n) is 15.1. The van der Waals surface area contributed by atoms with Gasteiger partial charge in [0.1, 0.15) is 11.4 Å². The maximum atomic E-state index is 12.8. The Morgan fingerprint density at radius 2 is 2.23 bits per heavy atom. The molecule has 1 aliphatic carbocycles. The first-order valence-corrected chi connectivity index (χ1v) is 9.88. The number of nitrogens with zero attached hydrogens (tertiary/aromatic N) is 2. The fourth-order valence-corrected chi connectivity index (χ4v) is 4.56. The number of hydrogen-bond acceptors (Lipinski definition) is 5. The number of nitrogens with one attached hydrogen (secondary N) is 2. The van der Waals surface area contributed by atoms with E-state index in [1.54, 1.807) is 11.3 Å². The molecule has 140 valence electrons. The van der Waals surface area contributed by atoms with Crippen molar-refractivity contribution in [2.24, 2.45) is 5.92 Å². The van der Waals surface area contributed by atoms with Gasteiger partial charge in [0, 0.05) is 11.4 Å². The fraction of sp³-hybridized carbons (Fsp3) is 0.556. The average Bonchev–Trinajstić information content (AvgIpc) is 2.95. The molecule has 3 amide bonds. The van der Waals surface area contributed by atoms with Crippen LogP contribution in [0.25, 0.3) is 10.2 Å². The summed E-state index contributed by atoms with van der Waals surface area (Å²) in [7, 11) is 0. The number of rotatable bonds is 5. The van der Waals surface area contributed by atoms with Crippen LogP contribution in [0.15, 0.2) is 11.1 Å². The molecule has 26 heavy (non-hydrogen) atoms. The van der Waals surface area contributed by atoms with E-state index in [-0.39, 0.29) is 12.1 Å². The number of imide groups is 1. The zero-order valence-corrected chi connectivity index (χ0v) is 15.9. The lowest BCUT2D eigenvalue weighted by atomic mass is 9.89. The van der Waals surface area contributed by atoms with E-state index in [0.717, 1.165) is 42.5 Å². The number of fused-ring (bicyclic) bond motifs is 3. The van der Waals surface area contributed by atoms with Gasteiger partial charge in [0.05, 0.1) is 11.7 Å². The number of hydrogen-bond donors (Lipinski definition) is 2. The first-order valence-electron chi connectivity index (χ1n) is 9.07. The topological polar surface area (TPSA) is 93.1 Å². The molecule has 8 heteroatoms. The Morgan fingerprint density at radius 3 is 3.00 bits per heavy atom. The van der Waals surface area contributed by atoms with Crippen LogP contribution in [0.3, 0.4) is 0 Å². The van der Waals surface area contributed by atoms with Gasteiger partial charge in [-0.3, -0.25) is 19.5 Å². The van der Waals surface area contributed by atoms with E-state index in [9.17, 15) is 14.4 Å². The Kier molecular flexibility index (Phi) is 5.70. The maximum Gasteiger partial charge on any atom is 0.321 e. The third-order valence-corrected chi connectivity index (χ3v) is 5.83. The van der Waals surface area contributed by atoms with Crippen molar-refractivity contribution >= 4 is 33.5 Å². The van der Waals surface area contributed by atoms with Gasteiger partial charge in [-0.05, 0) is 37.2 Å². The van der Waals surface area contributed by atoms with E-state index in [4.69, 9.17) is 0 Å². The van der Waals surface area contributed by atoms with E-state index in [2.05, 4.69) is 22.5 Å². The van der Waals surface area contributed by atoms with Crippen LogP contribution < -0.4 is 16.2 Å². The van der Waals surface area contributed by atoms with Crippen molar-refractivity contribution in [2.75, 3.05) is 6.54 Å². The number of aromatic nitrogens is 2. The molecule has 0 spiro atoms. The molecule has 0 aliphatic heterocycles. The van der Waals surface area contributed by atoms with Crippen LogP contribution in [0.4, 0.5) is 4.79 Å². The molecule has 1 aliphatic rings. The van der Waals surface area contributed by atoms with Gasteiger partial charge < -0.3 is 5.32 Å². The monoisotopic (exact) mass is 376 g/mol. The highest BCUT2D eigenvalue weighted by molar-refractivity contribution is 7.18. The second-order valence-corrected chi connectivity index (χ2v) is 7.95. The van der Waals surface area contributed by atoms with E-state index in [1.807, 2.05) is 6.92 Å². The second kappa shape index (κ2) is 7.99. The lowest BCUT2D eigenvalue weighted by Gasteiger charge is -2.17. The summed E-state index contributed by atoms with van der Waals surface area (Å²) in [5.41, 5.74) is 0.885. The molecule has 0 aromatic carbocycles. The molecule has 1 atom stereocenters. The minimum absolute atomic E-state index is 0.205. The minimum Gasteiger partial charge on any atom is -0.338 e.